The Morgan fingerprint density at radius 3 is 2.67 bits per heavy atom. The number of aromatic nitrogens is 2. The Kier molecular flexibility index (Phi) is 4.76. The third-order valence-electron chi connectivity index (χ3n) is 2.16. The second-order valence-electron chi connectivity index (χ2n) is 3.58. The third-order valence-corrected chi connectivity index (χ3v) is 4.20. The van der Waals surface area contributed by atoms with E-state index in [1.807, 2.05) is 19.1 Å². The van der Waals surface area contributed by atoms with E-state index in [1.165, 1.54) is 5.56 Å². The summed E-state index contributed by atoms with van der Waals surface area (Å²) < 4.78 is 1.01. The minimum absolute atomic E-state index is 0.397. The number of thioether (sulfide) groups is 1. The van der Waals surface area contributed by atoms with Crippen LogP contribution in [0.1, 0.15) is 16.1 Å². The van der Waals surface area contributed by atoms with Crippen molar-refractivity contribution in [3.63, 3.8) is 0 Å². The maximum Gasteiger partial charge on any atom is 0.174 e. The van der Waals surface area contributed by atoms with Crippen molar-refractivity contribution in [2.45, 2.75) is 17.0 Å². The van der Waals surface area contributed by atoms with E-state index in [0.29, 0.717) is 6.54 Å². The minimum Gasteiger partial charge on any atom is -0.320 e. The largest absolute Gasteiger partial charge is 0.320 e. The normalized spacial score (nSPS) is 9.89. The summed E-state index contributed by atoms with van der Waals surface area (Å²) in [5.41, 5.74) is 7.59. The smallest absolute Gasteiger partial charge is 0.174 e. The maximum atomic E-state index is 5.33. The second kappa shape index (κ2) is 6.55. The first-order valence-corrected chi connectivity index (χ1v) is 7.29. The van der Waals surface area contributed by atoms with Crippen molar-refractivity contribution in [2.75, 3.05) is 6.54 Å². The summed E-state index contributed by atoms with van der Waals surface area (Å²) in [5.74, 6) is 6.75. The third kappa shape index (κ3) is 3.84. The zero-order chi connectivity index (χ0) is 12.8. The molecule has 3 nitrogen and oxygen atoms in total. The number of aryl methyl sites for hydroxylation is 1. The van der Waals surface area contributed by atoms with Crippen LogP contribution in [0.5, 0.6) is 0 Å². The number of benzene rings is 1. The molecule has 5 heteroatoms. The van der Waals surface area contributed by atoms with Crippen molar-refractivity contribution in [3.8, 4) is 11.8 Å². The van der Waals surface area contributed by atoms with Crippen LogP contribution in [0.15, 0.2) is 28.6 Å². The van der Waals surface area contributed by atoms with Gasteiger partial charge in [-0.15, -0.1) is 10.2 Å². The van der Waals surface area contributed by atoms with Crippen molar-refractivity contribution in [1.29, 1.82) is 0 Å². The highest BCUT2D eigenvalue weighted by atomic mass is 32.2. The van der Waals surface area contributed by atoms with Crippen LogP contribution in [-0.2, 0) is 5.75 Å². The Morgan fingerprint density at radius 2 is 2.06 bits per heavy atom. The van der Waals surface area contributed by atoms with Gasteiger partial charge in [-0.05, 0) is 24.6 Å². The monoisotopic (exact) mass is 275 g/mol. The molecule has 0 saturated heterocycles. The summed E-state index contributed by atoms with van der Waals surface area (Å²) in [7, 11) is 0. The van der Waals surface area contributed by atoms with Gasteiger partial charge in [0, 0.05) is 11.3 Å². The Balaban J connectivity index is 1.94. The zero-order valence-electron chi connectivity index (χ0n) is 10.0. The standard InChI is InChI=1S/C13H13N3S2/c1-10-15-16-13(18-10)17-9-12-6-4-11(5-7-12)3-2-8-14/h4-7H,8-9,14H2,1H3. The summed E-state index contributed by atoms with van der Waals surface area (Å²) in [4.78, 5) is 0. The summed E-state index contributed by atoms with van der Waals surface area (Å²) in [6.45, 7) is 2.36. The van der Waals surface area contributed by atoms with E-state index in [2.05, 4.69) is 34.2 Å². The topological polar surface area (TPSA) is 51.8 Å². The molecular weight excluding hydrogens is 262 g/mol. The van der Waals surface area contributed by atoms with Gasteiger partial charge in [-0.2, -0.15) is 0 Å². The number of nitrogens with two attached hydrogens (primary N) is 1. The molecule has 0 aliphatic heterocycles. The van der Waals surface area contributed by atoms with Gasteiger partial charge in [0.25, 0.3) is 0 Å². The highest BCUT2D eigenvalue weighted by Crippen LogP contribution is 2.25. The molecule has 1 aromatic heterocycles. The van der Waals surface area contributed by atoms with Gasteiger partial charge >= 0.3 is 0 Å². The van der Waals surface area contributed by atoms with Gasteiger partial charge in [0.05, 0.1) is 6.54 Å². The molecule has 2 rings (SSSR count). The molecule has 0 atom stereocenters. The lowest BCUT2D eigenvalue weighted by molar-refractivity contribution is 0.983. The summed E-state index contributed by atoms with van der Waals surface area (Å²) in [6, 6.07) is 8.21. The van der Waals surface area contributed by atoms with Crippen LogP contribution in [-0.4, -0.2) is 16.7 Å². The molecule has 18 heavy (non-hydrogen) atoms. The van der Waals surface area contributed by atoms with Gasteiger partial charge in [-0.1, -0.05) is 47.1 Å². The highest BCUT2D eigenvalue weighted by molar-refractivity contribution is 8.00. The SMILES string of the molecule is Cc1nnc(SCc2ccc(C#CCN)cc2)s1. The number of hydrogen-bond donors (Lipinski definition) is 1. The summed E-state index contributed by atoms with van der Waals surface area (Å²) in [6.07, 6.45) is 0. The molecule has 0 amide bonds. The lowest BCUT2D eigenvalue weighted by atomic mass is 10.1. The van der Waals surface area contributed by atoms with Crippen LogP contribution in [0.3, 0.4) is 0 Å². The predicted octanol–water partition coefficient (Wildman–Crippen LogP) is 2.45. The van der Waals surface area contributed by atoms with Crippen LogP contribution < -0.4 is 5.73 Å². The quantitative estimate of drug-likeness (QED) is 0.690. The fourth-order valence-corrected chi connectivity index (χ4v) is 3.09. The van der Waals surface area contributed by atoms with Gasteiger partial charge in [0.1, 0.15) is 5.01 Å². The molecule has 2 aromatic rings. The van der Waals surface area contributed by atoms with Gasteiger partial charge in [-0.25, -0.2) is 0 Å². The fourth-order valence-electron chi connectivity index (χ4n) is 1.32. The number of nitrogens with zero attached hydrogens (tertiary/aromatic N) is 2. The van der Waals surface area contributed by atoms with Crippen molar-refractivity contribution in [3.05, 3.63) is 40.4 Å². The molecule has 1 aromatic carbocycles. The molecular formula is C13H13N3S2. The van der Waals surface area contributed by atoms with Gasteiger partial charge < -0.3 is 5.73 Å². The summed E-state index contributed by atoms with van der Waals surface area (Å²) in [5, 5.41) is 9.08. The molecule has 0 unspecified atom stereocenters. The Labute approximate surface area is 115 Å². The Hall–Kier alpha value is -1.35. The number of hydrogen-bond acceptors (Lipinski definition) is 5. The first-order valence-electron chi connectivity index (χ1n) is 5.48. The van der Waals surface area contributed by atoms with Crippen LogP contribution in [0.2, 0.25) is 0 Å². The maximum absolute atomic E-state index is 5.33. The molecule has 0 spiro atoms. The van der Waals surface area contributed by atoms with Crippen molar-refractivity contribution >= 4 is 23.1 Å². The van der Waals surface area contributed by atoms with E-state index in [0.717, 1.165) is 20.7 Å². The summed E-state index contributed by atoms with van der Waals surface area (Å²) >= 11 is 3.33. The minimum atomic E-state index is 0.397. The Morgan fingerprint density at radius 1 is 1.28 bits per heavy atom. The molecule has 92 valence electrons. The van der Waals surface area contributed by atoms with Crippen LogP contribution in [0.25, 0.3) is 0 Å². The first-order chi connectivity index (χ1) is 8.78. The fraction of sp³-hybridized carbons (Fsp3) is 0.231. The second-order valence-corrected chi connectivity index (χ2v) is 5.98. The molecule has 0 aliphatic rings. The van der Waals surface area contributed by atoms with E-state index in [9.17, 15) is 0 Å². The van der Waals surface area contributed by atoms with Crippen molar-refractivity contribution in [2.24, 2.45) is 5.73 Å². The molecule has 1 heterocycles. The molecule has 0 fully saturated rings. The van der Waals surface area contributed by atoms with Crippen LogP contribution >= 0.6 is 23.1 Å². The van der Waals surface area contributed by atoms with E-state index < -0.39 is 0 Å². The highest BCUT2D eigenvalue weighted by Gasteiger charge is 2.01. The zero-order valence-corrected chi connectivity index (χ0v) is 11.6. The predicted molar refractivity (Wildman–Crippen MR) is 76.6 cm³/mol. The van der Waals surface area contributed by atoms with Gasteiger partial charge in [0.2, 0.25) is 0 Å². The van der Waals surface area contributed by atoms with Crippen LogP contribution in [0, 0.1) is 18.8 Å². The molecule has 0 bridgehead atoms. The molecule has 0 radical (unpaired) electrons. The molecule has 0 saturated carbocycles. The van der Waals surface area contributed by atoms with E-state index in [1.54, 1.807) is 23.1 Å². The van der Waals surface area contributed by atoms with E-state index in [4.69, 9.17) is 5.73 Å². The van der Waals surface area contributed by atoms with E-state index >= 15 is 0 Å². The average molecular weight is 275 g/mol. The molecule has 2 N–H and O–H groups in total. The van der Waals surface area contributed by atoms with Gasteiger partial charge in [0.15, 0.2) is 4.34 Å². The number of rotatable bonds is 3. The Bertz CT molecular complexity index is 564. The van der Waals surface area contributed by atoms with Crippen molar-refractivity contribution < 1.29 is 0 Å². The average Bonchev–Trinajstić information content (AvgIpc) is 2.81. The van der Waals surface area contributed by atoms with E-state index in [-0.39, 0.29) is 0 Å². The van der Waals surface area contributed by atoms with Gasteiger partial charge in [-0.3, -0.25) is 0 Å². The first kappa shape index (κ1) is 13.1. The van der Waals surface area contributed by atoms with Crippen molar-refractivity contribution in [1.82, 2.24) is 10.2 Å². The van der Waals surface area contributed by atoms with Crippen LogP contribution in [0.4, 0.5) is 0 Å². The lowest BCUT2D eigenvalue weighted by Gasteiger charge is -1.98. The lowest BCUT2D eigenvalue weighted by Crippen LogP contribution is -1.93. The molecule has 0 aliphatic carbocycles.